The molecule has 8 heteroatoms. The number of halogens is 3. The SMILES string of the molecule is COc1ccc(C2=Nc3ccc(OC(F)(F)F)cc3C(c3ccccc3)=NN2)cc1. The first kappa shape index (κ1) is 19.5. The molecule has 0 fully saturated rings. The second-order valence-corrected chi connectivity index (χ2v) is 6.35. The van der Waals surface area contributed by atoms with Gasteiger partial charge in [0.05, 0.1) is 12.8 Å². The molecule has 1 N–H and O–H groups in total. The van der Waals surface area contributed by atoms with Crippen molar-refractivity contribution in [3.63, 3.8) is 0 Å². The van der Waals surface area contributed by atoms with E-state index in [1.807, 2.05) is 42.5 Å². The van der Waals surface area contributed by atoms with Gasteiger partial charge in [0.25, 0.3) is 0 Å². The van der Waals surface area contributed by atoms with E-state index in [2.05, 4.69) is 20.3 Å². The first-order chi connectivity index (χ1) is 14.4. The molecule has 0 aliphatic carbocycles. The Morgan fingerprint density at radius 1 is 0.833 bits per heavy atom. The molecule has 1 heterocycles. The molecule has 5 nitrogen and oxygen atoms in total. The van der Waals surface area contributed by atoms with Gasteiger partial charge in [0.2, 0.25) is 0 Å². The molecule has 152 valence electrons. The minimum atomic E-state index is -4.79. The Kier molecular flexibility index (Phi) is 5.14. The highest BCUT2D eigenvalue weighted by Gasteiger charge is 2.31. The van der Waals surface area contributed by atoms with E-state index in [1.54, 1.807) is 19.2 Å². The molecule has 30 heavy (non-hydrogen) atoms. The smallest absolute Gasteiger partial charge is 0.497 e. The highest BCUT2D eigenvalue weighted by molar-refractivity contribution is 6.18. The molecule has 1 aliphatic rings. The summed E-state index contributed by atoms with van der Waals surface area (Å²) in [6.07, 6.45) is -4.79. The van der Waals surface area contributed by atoms with E-state index in [0.717, 1.165) is 11.1 Å². The van der Waals surface area contributed by atoms with Crippen LogP contribution in [0.3, 0.4) is 0 Å². The van der Waals surface area contributed by atoms with Crippen molar-refractivity contribution in [2.75, 3.05) is 7.11 Å². The van der Waals surface area contributed by atoms with E-state index in [-0.39, 0.29) is 5.75 Å². The second-order valence-electron chi connectivity index (χ2n) is 6.35. The molecule has 0 amide bonds. The maximum Gasteiger partial charge on any atom is 0.573 e. The van der Waals surface area contributed by atoms with Crippen molar-refractivity contribution in [2.45, 2.75) is 6.36 Å². The number of nitrogens with zero attached hydrogens (tertiary/aromatic N) is 2. The quantitative estimate of drug-likeness (QED) is 0.655. The van der Waals surface area contributed by atoms with Gasteiger partial charge in [-0.15, -0.1) is 13.2 Å². The van der Waals surface area contributed by atoms with Crippen LogP contribution in [-0.4, -0.2) is 25.0 Å². The Morgan fingerprint density at radius 3 is 2.20 bits per heavy atom. The van der Waals surface area contributed by atoms with Gasteiger partial charge in [-0.1, -0.05) is 30.3 Å². The molecule has 0 radical (unpaired) electrons. The molecule has 3 aromatic rings. The number of alkyl halides is 3. The van der Waals surface area contributed by atoms with Gasteiger partial charge in [-0.25, -0.2) is 4.99 Å². The van der Waals surface area contributed by atoms with Crippen molar-refractivity contribution < 1.29 is 22.6 Å². The maximum absolute atomic E-state index is 12.7. The lowest BCUT2D eigenvalue weighted by molar-refractivity contribution is -0.274. The fourth-order valence-electron chi connectivity index (χ4n) is 3.01. The summed E-state index contributed by atoms with van der Waals surface area (Å²) >= 11 is 0. The summed E-state index contributed by atoms with van der Waals surface area (Å²) < 4.78 is 47.4. The van der Waals surface area contributed by atoms with Crippen LogP contribution in [0.15, 0.2) is 82.9 Å². The average Bonchev–Trinajstić information content (AvgIpc) is 2.93. The summed E-state index contributed by atoms with van der Waals surface area (Å²) in [5, 5.41) is 4.44. The van der Waals surface area contributed by atoms with Crippen molar-refractivity contribution >= 4 is 17.2 Å². The van der Waals surface area contributed by atoms with Crippen LogP contribution in [0.2, 0.25) is 0 Å². The molecule has 0 unspecified atom stereocenters. The fourth-order valence-corrected chi connectivity index (χ4v) is 3.01. The van der Waals surface area contributed by atoms with Gasteiger partial charge < -0.3 is 9.47 Å². The predicted molar refractivity (Wildman–Crippen MR) is 108 cm³/mol. The zero-order valence-corrected chi connectivity index (χ0v) is 15.8. The fraction of sp³-hybridized carbons (Fsp3) is 0.0909. The highest BCUT2D eigenvalue weighted by atomic mass is 19.4. The van der Waals surface area contributed by atoms with Gasteiger partial charge >= 0.3 is 6.36 Å². The number of benzene rings is 3. The Labute approximate surface area is 170 Å². The Hall–Kier alpha value is -3.81. The summed E-state index contributed by atoms with van der Waals surface area (Å²) in [4.78, 5) is 4.59. The third-order valence-electron chi connectivity index (χ3n) is 4.37. The zero-order valence-electron chi connectivity index (χ0n) is 15.8. The van der Waals surface area contributed by atoms with E-state index in [9.17, 15) is 13.2 Å². The van der Waals surface area contributed by atoms with Crippen LogP contribution in [0.1, 0.15) is 16.7 Å². The van der Waals surface area contributed by atoms with Crippen LogP contribution in [0.25, 0.3) is 0 Å². The lowest BCUT2D eigenvalue weighted by atomic mass is 10.0. The van der Waals surface area contributed by atoms with E-state index in [0.29, 0.717) is 28.5 Å². The van der Waals surface area contributed by atoms with Crippen molar-refractivity contribution in [1.29, 1.82) is 0 Å². The minimum absolute atomic E-state index is 0.340. The van der Waals surface area contributed by atoms with Crippen LogP contribution in [0.5, 0.6) is 11.5 Å². The normalized spacial score (nSPS) is 13.3. The number of hydrogen-bond acceptors (Lipinski definition) is 5. The molecule has 0 saturated heterocycles. The monoisotopic (exact) mass is 411 g/mol. The molecule has 0 saturated carbocycles. The van der Waals surface area contributed by atoms with E-state index >= 15 is 0 Å². The van der Waals surface area contributed by atoms with E-state index in [1.165, 1.54) is 18.2 Å². The number of hydrogen-bond donors (Lipinski definition) is 1. The van der Waals surface area contributed by atoms with E-state index < -0.39 is 6.36 Å². The molecule has 0 aromatic heterocycles. The van der Waals surface area contributed by atoms with Crippen molar-refractivity contribution in [1.82, 2.24) is 5.43 Å². The van der Waals surface area contributed by atoms with Crippen LogP contribution >= 0.6 is 0 Å². The third-order valence-corrected chi connectivity index (χ3v) is 4.37. The number of ether oxygens (including phenoxy) is 2. The van der Waals surface area contributed by atoms with Gasteiger partial charge in [-0.2, -0.15) is 5.10 Å². The molecule has 0 atom stereocenters. The number of nitrogens with one attached hydrogen (secondary N) is 1. The summed E-state index contributed by atoms with van der Waals surface area (Å²) in [5.41, 5.74) is 5.73. The van der Waals surface area contributed by atoms with Crippen LogP contribution in [-0.2, 0) is 0 Å². The largest absolute Gasteiger partial charge is 0.573 e. The molecule has 0 spiro atoms. The lowest BCUT2D eigenvalue weighted by Gasteiger charge is -2.12. The molecule has 4 rings (SSSR count). The highest BCUT2D eigenvalue weighted by Crippen LogP contribution is 2.32. The van der Waals surface area contributed by atoms with Crippen LogP contribution < -0.4 is 14.9 Å². The van der Waals surface area contributed by atoms with Crippen molar-refractivity contribution in [3.05, 3.63) is 89.5 Å². The summed E-state index contributed by atoms with van der Waals surface area (Å²) in [5.74, 6) is 0.804. The number of hydrazone groups is 1. The molecule has 0 bridgehead atoms. The predicted octanol–water partition coefficient (Wildman–Crippen LogP) is 5.03. The van der Waals surface area contributed by atoms with Gasteiger partial charge in [-0.05, 0) is 42.5 Å². The molecular formula is C22H16F3N3O2. The molecular weight excluding hydrogens is 395 g/mol. The summed E-state index contributed by atoms with van der Waals surface area (Å²) in [6, 6.07) is 20.3. The number of aliphatic imine (C=N–C) groups is 1. The lowest BCUT2D eigenvalue weighted by Crippen LogP contribution is -2.19. The topological polar surface area (TPSA) is 55.2 Å². The summed E-state index contributed by atoms with van der Waals surface area (Å²) in [6.45, 7) is 0. The Balaban J connectivity index is 1.82. The second kappa shape index (κ2) is 7.90. The van der Waals surface area contributed by atoms with Gasteiger partial charge in [0.1, 0.15) is 17.2 Å². The number of rotatable bonds is 4. The first-order valence-corrected chi connectivity index (χ1v) is 8.95. The minimum Gasteiger partial charge on any atom is -0.497 e. The van der Waals surface area contributed by atoms with Gasteiger partial charge in [0, 0.05) is 16.7 Å². The molecule has 3 aromatic carbocycles. The maximum atomic E-state index is 12.7. The third kappa shape index (κ3) is 4.27. The number of amidine groups is 1. The first-order valence-electron chi connectivity index (χ1n) is 8.95. The molecule has 1 aliphatic heterocycles. The van der Waals surface area contributed by atoms with Crippen LogP contribution in [0.4, 0.5) is 18.9 Å². The standard InChI is InChI=1S/C22H16F3N3O2/c1-29-16-9-7-15(8-10-16)21-26-19-12-11-17(30-22(23,24)25)13-18(19)20(27-28-21)14-5-3-2-4-6-14/h2-13H,1H3,(H,26,28). The van der Waals surface area contributed by atoms with Crippen LogP contribution in [0, 0.1) is 0 Å². The Bertz CT molecular complexity index is 1110. The van der Waals surface area contributed by atoms with Crippen molar-refractivity contribution in [3.8, 4) is 11.5 Å². The van der Waals surface area contributed by atoms with Gasteiger partial charge in [0.15, 0.2) is 5.84 Å². The van der Waals surface area contributed by atoms with Gasteiger partial charge in [-0.3, -0.25) is 5.43 Å². The average molecular weight is 411 g/mol. The number of methoxy groups -OCH3 is 1. The number of fused-ring (bicyclic) bond motifs is 1. The van der Waals surface area contributed by atoms with Crippen molar-refractivity contribution in [2.24, 2.45) is 10.1 Å². The van der Waals surface area contributed by atoms with E-state index in [4.69, 9.17) is 4.74 Å². The zero-order chi connectivity index (χ0) is 21.1. The Morgan fingerprint density at radius 2 is 1.53 bits per heavy atom. The summed E-state index contributed by atoms with van der Waals surface area (Å²) in [7, 11) is 1.57.